The molecule has 3 heteroatoms. The quantitative estimate of drug-likeness (QED) is 0.662. The zero-order valence-electron chi connectivity index (χ0n) is 17.1. The van der Waals surface area contributed by atoms with Crippen molar-refractivity contribution in [2.24, 2.45) is 0 Å². The van der Waals surface area contributed by atoms with Crippen LogP contribution < -0.4 is 0 Å². The number of rotatable bonds is 3. The van der Waals surface area contributed by atoms with Crippen molar-refractivity contribution in [3.05, 3.63) is 76.4 Å². The number of ether oxygens (including phenoxy) is 1. The van der Waals surface area contributed by atoms with E-state index in [-0.39, 0.29) is 18.2 Å². The molecular weight excluding hydrogens is 346 g/mol. The summed E-state index contributed by atoms with van der Waals surface area (Å²) in [6.45, 7) is 6.87. The summed E-state index contributed by atoms with van der Waals surface area (Å²) in [5, 5.41) is 0. The van der Waals surface area contributed by atoms with Gasteiger partial charge in [0.05, 0.1) is 6.04 Å². The lowest BCUT2D eigenvalue weighted by molar-refractivity contribution is 0.0510. The Morgan fingerprint density at radius 2 is 1.79 bits per heavy atom. The predicted molar refractivity (Wildman–Crippen MR) is 113 cm³/mol. The minimum atomic E-state index is -0.175. The molecule has 28 heavy (non-hydrogen) atoms. The van der Waals surface area contributed by atoms with Gasteiger partial charge in [0.2, 0.25) is 0 Å². The third kappa shape index (κ3) is 3.71. The first-order chi connectivity index (χ1) is 13.5. The third-order valence-corrected chi connectivity index (χ3v) is 6.24. The van der Waals surface area contributed by atoms with Crippen LogP contribution in [0.25, 0.3) is 5.57 Å². The summed E-state index contributed by atoms with van der Waals surface area (Å²) in [4.78, 5) is 14.9. The first-order valence-electron chi connectivity index (χ1n) is 10.3. The first-order valence-corrected chi connectivity index (χ1v) is 10.3. The minimum Gasteiger partial charge on any atom is -0.445 e. The van der Waals surface area contributed by atoms with Gasteiger partial charge >= 0.3 is 6.09 Å². The van der Waals surface area contributed by atoms with Gasteiger partial charge in [-0.25, -0.2) is 4.79 Å². The second kappa shape index (κ2) is 7.83. The minimum absolute atomic E-state index is 0.145. The van der Waals surface area contributed by atoms with Gasteiger partial charge in [-0.3, -0.25) is 4.90 Å². The Labute approximate surface area is 168 Å². The van der Waals surface area contributed by atoms with E-state index in [9.17, 15) is 4.79 Å². The van der Waals surface area contributed by atoms with Crippen LogP contribution in [-0.2, 0) is 11.3 Å². The summed E-state index contributed by atoms with van der Waals surface area (Å²) in [6, 6.07) is 14.9. The monoisotopic (exact) mass is 375 g/mol. The maximum atomic E-state index is 12.9. The maximum Gasteiger partial charge on any atom is 0.410 e. The highest BCUT2D eigenvalue weighted by Gasteiger charge is 2.38. The van der Waals surface area contributed by atoms with Gasteiger partial charge in [0.15, 0.2) is 0 Å². The smallest absolute Gasteiger partial charge is 0.410 e. The van der Waals surface area contributed by atoms with E-state index in [1.807, 2.05) is 35.2 Å². The van der Waals surface area contributed by atoms with Crippen molar-refractivity contribution in [2.45, 2.75) is 65.1 Å². The Morgan fingerprint density at radius 3 is 2.54 bits per heavy atom. The summed E-state index contributed by atoms with van der Waals surface area (Å²) in [6.07, 6.45) is 6.30. The molecule has 2 bridgehead atoms. The van der Waals surface area contributed by atoms with Crippen molar-refractivity contribution >= 4 is 11.7 Å². The molecule has 2 aliphatic heterocycles. The van der Waals surface area contributed by atoms with E-state index < -0.39 is 0 Å². The maximum absolute atomic E-state index is 12.9. The molecule has 2 aromatic rings. The largest absolute Gasteiger partial charge is 0.445 e. The van der Waals surface area contributed by atoms with E-state index in [1.165, 1.54) is 34.2 Å². The molecule has 2 unspecified atom stereocenters. The Balaban J connectivity index is 1.54. The van der Waals surface area contributed by atoms with Crippen LogP contribution in [0.5, 0.6) is 0 Å². The van der Waals surface area contributed by atoms with Gasteiger partial charge in [-0.15, -0.1) is 0 Å². The number of fused-ring (bicyclic) bond motifs is 2. The molecule has 4 rings (SSSR count). The van der Waals surface area contributed by atoms with Crippen molar-refractivity contribution < 1.29 is 9.53 Å². The molecule has 1 amide bonds. The number of hydrogen-bond donors (Lipinski definition) is 0. The fourth-order valence-electron chi connectivity index (χ4n) is 4.61. The van der Waals surface area contributed by atoms with E-state index in [0.717, 1.165) is 24.8 Å². The van der Waals surface area contributed by atoms with Crippen LogP contribution in [0.1, 0.15) is 53.5 Å². The van der Waals surface area contributed by atoms with Crippen LogP contribution in [0.3, 0.4) is 0 Å². The van der Waals surface area contributed by atoms with E-state index in [1.54, 1.807) is 0 Å². The second-order valence-corrected chi connectivity index (χ2v) is 8.25. The van der Waals surface area contributed by atoms with Gasteiger partial charge in [0.25, 0.3) is 0 Å². The molecule has 2 heterocycles. The topological polar surface area (TPSA) is 29.5 Å². The van der Waals surface area contributed by atoms with Crippen LogP contribution in [0.2, 0.25) is 0 Å². The highest BCUT2D eigenvalue weighted by atomic mass is 16.6. The molecule has 2 atom stereocenters. The molecule has 3 nitrogen and oxygen atoms in total. The average molecular weight is 376 g/mol. The summed E-state index contributed by atoms with van der Waals surface area (Å²) >= 11 is 0. The number of amides is 1. The SMILES string of the molecule is Cc1cc(C)c(C2=CC3CCCC(C2)N3C(=O)OCc2ccccc2)cc1C. The lowest BCUT2D eigenvalue weighted by atomic mass is 9.81. The second-order valence-electron chi connectivity index (χ2n) is 8.25. The molecule has 1 fully saturated rings. The molecule has 0 radical (unpaired) electrons. The fourth-order valence-corrected chi connectivity index (χ4v) is 4.61. The van der Waals surface area contributed by atoms with Crippen LogP contribution >= 0.6 is 0 Å². The van der Waals surface area contributed by atoms with Gasteiger partial charge in [0.1, 0.15) is 6.61 Å². The van der Waals surface area contributed by atoms with Gasteiger partial charge in [-0.1, -0.05) is 48.5 Å². The van der Waals surface area contributed by atoms with Crippen LogP contribution in [0, 0.1) is 20.8 Å². The first kappa shape index (κ1) is 18.8. The molecule has 2 aromatic carbocycles. The van der Waals surface area contributed by atoms with Crippen LogP contribution in [-0.4, -0.2) is 23.1 Å². The van der Waals surface area contributed by atoms with Gasteiger partial charge < -0.3 is 4.74 Å². The van der Waals surface area contributed by atoms with Crippen molar-refractivity contribution in [1.29, 1.82) is 0 Å². The number of aryl methyl sites for hydroxylation is 3. The Hall–Kier alpha value is -2.55. The van der Waals surface area contributed by atoms with Crippen LogP contribution in [0.15, 0.2) is 48.5 Å². The number of nitrogens with zero attached hydrogens (tertiary/aromatic N) is 1. The molecule has 146 valence electrons. The third-order valence-electron chi connectivity index (χ3n) is 6.24. The molecule has 0 aliphatic carbocycles. The highest BCUT2D eigenvalue weighted by molar-refractivity contribution is 5.76. The molecule has 0 aromatic heterocycles. The Kier molecular flexibility index (Phi) is 5.25. The standard InChI is InChI=1S/C25H29NO2/c1-17-12-19(3)24(13-18(17)2)21-14-22-10-7-11-23(15-21)26(22)25(27)28-16-20-8-5-4-6-9-20/h4-6,8-9,12-14,22-23H,7,10-11,15-16H2,1-3H3. The van der Waals surface area contributed by atoms with Crippen molar-refractivity contribution in [1.82, 2.24) is 4.90 Å². The van der Waals surface area contributed by atoms with E-state index in [2.05, 4.69) is 39.0 Å². The number of hydrogen-bond acceptors (Lipinski definition) is 2. The zero-order valence-corrected chi connectivity index (χ0v) is 17.1. The normalized spacial score (nSPS) is 21.2. The van der Waals surface area contributed by atoms with E-state index >= 15 is 0 Å². The summed E-state index contributed by atoms with van der Waals surface area (Å²) in [5.41, 5.74) is 7.76. The number of piperidine rings is 1. The summed E-state index contributed by atoms with van der Waals surface area (Å²) in [5.74, 6) is 0. The molecule has 0 saturated carbocycles. The number of carbonyl (C=O) groups excluding carboxylic acids is 1. The molecular formula is C25H29NO2. The number of benzene rings is 2. The fraction of sp³-hybridized carbons (Fsp3) is 0.400. The van der Waals surface area contributed by atoms with Crippen molar-refractivity contribution in [2.75, 3.05) is 0 Å². The number of carbonyl (C=O) groups is 1. The zero-order chi connectivity index (χ0) is 19.7. The lowest BCUT2D eigenvalue weighted by Crippen LogP contribution is -2.51. The van der Waals surface area contributed by atoms with Gasteiger partial charge in [-0.2, -0.15) is 0 Å². The van der Waals surface area contributed by atoms with Gasteiger partial charge in [0, 0.05) is 6.04 Å². The Morgan fingerprint density at radius 1 is 1.04 bits per heavy atom. The van der Waals surface area contributed by atoms with Crippen molar-refractivity contribution in [3.8, 4) is 0 Å². The lowest BCUT2D eigenvalue weighted by Gasteiger charge is -2.44. The van der Waals surface area contributed by atoms with E-state index in [0.29, 0.717) is 6.61 Å². The molecule has 1 saturated heterocycles. The Bertz CT molecular complexity index is 900. The van der Waals surface area contributed by atoms with Gasteiger partial charge in [-0.05, 0) is 79.8 Å². The van der Waals surface area contributed by atoms with E-state index in [4.69, 9.17) is 4.74 Å². The molecule has 0 spiro atoms. The highest BCUT2D eigenvalue weighted by Crippen LogP contribution is 2.38. The predicted octanol–water partition coefficient (Wildman–Crippen LogP) is 5.96. The summed E-state index contributed by atoms with van der Waals surface area (Å²) in [7, 11) is 0. The average Bonchev–Trinajstić information content (AvgIpc) is 2.68. The summed E-state index contributed by atoms with van der Waals surface area (Å²) < 4.78 is 5.66. The molecule has 0 N–H and O–H groups in total. The van der Waals surface area contributed by atoms with Crippen LogP contribution in [0.4, 0.5) is 4.79 Å². The molecule has 2 aliphatic rings. The van der Waals surface area contributed by atoms with Crippen molar-refractivity contribution in [3.63, 3.8) is 0 Å².